The Balaban J connectivity index is 1.90. The summed E-state index contributed by atoms with van der Waals surface area (Å²) in [5.41, 5.74) is 6.79. The van der Waals surface area contributed by atoms with E-state index in [1.54, 1.807) is 0 Å². The first-order valence-corrected chi connectivity index (χ1v) is 5.62. The summed E-state index contributed by atoms with van der Waals surface area (Å²) >= 11 is 0. The Morgan fingerprint density at radius 2 is 2.25 bits per heavy atom. The van der Waals surface area contributed by atoms with Crippen molar-refractivity contribution in [3.05, 3.63) is 29.8 Å². The summed E-state index contributed by atoms with van der Waals surface area (Å²) in [6.07, 6.45) is 2.91. The zero-order valence-corrected chi connectivity index (χ0v) is 9.62. The molecule has 1 aliphatic carbocycles. The molecule has 0 saturated heterocycles. The quantitative estimate of drug-likeness (QED) is 0.589. The van der Waals surface area contributed by atoms with Crippen molar-refractivity contribution < 1.29 is 4.74 Å². The Labute approximate surface area is 96.1 Å². The van der Waals surface area contributed by atoms with Crippen molar-refractivity contribution in [2.75, 3.05) is 6.61 Å². The van der Waals surface area contributed by atoms with E-state index < -0.39 is 0 Å². The number of hydrogen-bond donors (Lipinski definition) is 2. The van der Waals surface area contributed by atoms with Crippen LogP contribution in [0.5, 0.6) is 5.75 Å². The van der Waals surface area contributed by atoms with E-state index in [1.807, 2.05) is 18.2 Å². The number of nitrogens with one attached hydrogen (secondary N) is 1. The number of rotatable bonds is 5. The Kier molecular flexibility index (Phi) is 2.86. The minimum absolute atomic E-state index is 0.148. The molecular formula is C13H18N2O. The molecule has 1 fully saturated rings. The van der Waals surface area contributed by atoms with Gasteiger partial charge >= 0.3 is 0 Å². The normalized spacial score (nSPS) is 16.8. The summed E-state index contributed by atoms with van der Waals surface area (Å²) in [6, 6.07) is 8.05. The monoisotopic (exact) mass is 218 g/mol. The van der Waals surface area contributed by atoms with Crippen molar-refractivity contribution >= 4 is 5.84 Å². The van der Waals surface area contributed by atoms with Crippen LogP contribution in [0.1, 0.15) is 24.8 Å². The Hall–Kier alpha value is -1.51. The summed E-state index contributed by atoms with van der Waals surface area (Å²) in [7, 11) is 0. The Bertz CT molecular complexity index is 397. The van der Waals surface area contributed by atoms with Crippen LogP contribution in [-0.2, 0) is 0 Å². The number of ether oxygens (including phenoxy) is 1. The van der Waals surface area contributed by atoms with E-state index in [9.17, 15) is 0 Å². The lowest BCUT2D eigenvalue weighted by atomic mass is 10.0. The van der Waals surface area contributed by atoms with Crippen molar-refractivity contribution in [1.82, 2.24) is 0 Å². The molecule has 0 unspecified atom stereocenters. The van der Waals surface area contributed by atoms with Gasteiger partial charge in [-0.2, -0.15) is 0 Å². The topological polar surface area (TPSA) is 59.1 Å². The molecule has 1 aromatic rings. The van der Waals surface area contributed by atoms with Gasteiger partial charge in [-0.1, -0.05) is 12.1 Å². The van der Waals surface area contributed by atoms with Crippen molar-refractivity contribution in [1.29, 1.82) is 5.41 Å². The molecule has 0 bridgehead atoms. The first-order chi connectivity index (χ1) is 7.60. The lowest BCUT2D eigenvalue weighted by Gasteiger charge is -2.15. The minimum atomic E-state index is 0.148. The van der Waals surface area contributed by atoms with E-state index in [2.05, 4.69) is 13.0 Å². The van der Waals surface area contributed by atoms with Gasteiger partial charge in [-0.3, -0.25) is 5.41 Å². The molecule has 1 saturated carbocycles. The van der Waals surface area contributed by atoms with Crippen LogP contribution in [0.25, 0.3) is 0 Å². The van der Waals surface area contributed by atoms with Gasteiger partial charge in [0.1, 0.15) is 5.75 Å². The molecule has 0 amide bonds. The second-order valence-corrected chi connectivity index (χ2v) is 4.81. The SMILES string of the molecule is Cc1cccc(OCC2(CC(=N)N)CC2)c1. The zero-order valence-electron chi connectivity index (χ0n) is 9.62. The van der Waals surface area contributed by atoms with Gasteiger partial charge in [0, 0.05) is 11.8 Å². The van der Waals surface area contributed by atoms with E-state index in [0.717, 1.165) is 18.6 Å². The molecule has 3 heteroatoms. The molecule has 3 nitrogen and oxygen atoms in total. The molecule has 2 rings (SSSR count). The molecule has 1 aliphatic rings. The van der Waals surface area contributed by atoms with Crippen LogP contribution in [0.15, 0.2) is 24.3 Å². The van der Waals surface area contributed by atoms with E-state index >= 15 is 0 Å². The number of benzene rings is 1. The standard InChI is InChI=1S/C13H18N2O/c1-10-3-2-4-11(7-10)16-9-13(5-6-13)8-12(14)15/h2-4,7H,5-6,8-9H2,1H3,(H3,14,15). The highest BCUT2D eigenvalue weighted by atomic mass is 16.5. The predicted molar refractivity (Wildman–Crippen MR) is 64.9 cm³/mol. The molecule has 0 aliphatic heterocycles. The lowest BCUT2D eigenvalue weighted by Crippen LogP contribution is -2.21. The highest BCUT2D eigenvalue weighted by Gasteiger charge is 2.43. The minimum Gasteiger partial charge on any atom is -0.493 e. The smallest absolute Gasteiger partial charge is 0.119 e. The van der Waals surface area contributed by atoms with Gasteiger partial charge in [-0.25, -0.2) is 0 Å². The van der Waals surface area contributed by atoms with Crippen LogP contribution in [-0.4, -0.2) is 12.4 Å². The summed E-state index contributed by atoms with van der Waals surface area (Å²) in [5, 5.41) is 7.33. The first kappa shape index (κ1) is 11.0. The maximum atomic E-state index is 7.33. The molecule has 0 atom stereocenters. The largest absolute Gasteiger partial charge is 0.493 e. The third-order valence-electron chi connectivity index (χ3n) is 3.06. The van der Waals surface area contributed by atoms with Crippen LogP contribution >= 0.6 is 0 Å². The van der Waals surface area contributed by atoms with E-state index in [0.29, 0.717) is 13.0 Å². The summed E-state index contributed by atoms with van der Waals surface area (Å²) in [5.74, 6) is 1.18. The van der Waals surface area contributed by atoms with Gasteiger partial charge in [0.05, 0.1) is 12.4 Å². The fraction of sp³-hybridized carbons (Fsp3) is 0.462. The molecule has 0 radical (unpaired) electrons. The zero-order chi connectivity index (χ0) is 11.6. The van der Waals surface area contributed by atoms with E-state index in [-0.39, 0.29) is 11.3 Å². The van der Waals surface area contributed by atoms with Crippen molar-refractivity contribution in [2.45, 2.75) is 26.2 Å². The molecular weight excluding hydrogens is 200 g/mol. The number of nitrogens with two attached hydrogens (primary N) is 1. The van der Waals surface area contributed by atoms with Crippen LogP contribution in [0, 0.1) is 17.7 Å². The second-order valence-electron chi connectivity index (χ2n) is 4.81. The lowest BCUT2D eigenvalue weighted by molar-refractivity contribution is 0.238. The van der Waals surface area contributed by atoms with Gasteiger partial charge in [-0.05, 0) is 37.5 Å². The number of hydrogen-bond acceptors (Lipinski definition) is 2. The van der Waals surface area contributed by atoms with Crippen LogP contribution in [0.4, 0.5) is 0 Å². The van der Waals surface area contributed by atoms with Gasteiger partial charge in [-0.15, -0.1) is 0 Å². The van der Waals surface area contributed by atoms with Crippen molar-refractivity contribution in [2.24, 2.45) is 11.1 Å². The number of amidine groups is 1. The third-order valence-corrected chi connectivity index (χ3v) is 3.06. The van der Waals surface area contributed by atoms with Gasteiger partial charge in [0.25, 0.3) is 0 Å². The predicted octanol–water partition coefficient (Wildman–Crippen LogP) is 2.48. The van der Waals surface area contributed by atoms with Crippen LogP contribution < -0.4 is 10.5 Å². The molecule has 86 valence electrons. The fourth-order valence-corrected chi connectivity index (χ4v) is 1.89. The average molecular weight is 218 g/mol. The van der Waals surface area contributed by atoms with Crippen LogP contribution in [0.2, 0.25) is 0 Å². The number of aryl methyl sites for hydroxylation is 1. The highest BCUT2D eigenvalue weighted by molar-refractivity contribution is 5.78. The fourth-order valence-electron chi connectivity index (χ4n) is 1.89. The first-order valence-electron chi connectivity index (χ1n) is 5.62. The molecule has 0 aromatic heterocycles. The summed E-state index contributed by atoms with van der Waals surface area (Å²) in [6.45, 7) is 2.73. The molecule has 16 heavy (non-hydrogen) atoms. The second kappa shape index (κ2) is 4.16. The van der Waals surface area contributed by atoms with Gasteiger partial charge in [0.15, 0.2) is 0 Å². The van der Waals surface area contributed by atoms with Crippen molar-refractivity contribution in [3.63, 3.8) is 0 Å². The maximum absolute atomic E-state index is 7.33. The van der Waals surface area contributed by atoms with E-state index in [1.165, 1.54) is 5.56 Å². The Morgan fingerprint density at radius 3 is 2.81 bits per heavy atom. The Morgan fingerprint density at radius 1 is 1.50 bits per heavy atom. The molecule has 1 aromatic carbocycles. The maximum Gasteiger partial charge on any atom is 0.119 e. The van der Waals surface area contributed by atoms with E-state index in [4.69, 9.17) is 15.9 Å². The average Bonchev–Trinajstić information content (AvgIpc) is 2.95. The van der Waals surface area contributed by atoms with Crippen molar-refractivity contribution in [3.8, 4) is 5.75 Å². The summed E-state index contributed by atoms with van der Waals surface area (Å²) in [4.78, 5) is 0. The van der Waals surface area contributed by atoms with Gasteiger partial charge < -0.3 is 10.5 Å². The molecule has 0 heterocycles. The molecule has 3 N–H and O–H groups in total. The van der Waals surface area contributed by atoms with Gasteiger partial charge in [0.2, 0.25) is 0 Å². The third kappa shape index (κ3) is 2.75. The summed E-state index contributed by atoms with van der Waals surface area (Å²) < 4.78 is 5.76. The molecule has 0 spiro atoms. The highest BCUT2D eigenvalue weighted by Crippen LogP contribution is 2.48. The van der Waals surface area contributed by atoms with Crippen LogP contribution in [0.3, 0.4) is 0 Å².